The molecule has 2 N–H and O–H groups in total. The molecule has 1 aliphatic carbocycles. The number of amides is 1. The summed E-state index contributed by atoms with van der Waals surface area (Å²) in [6, 6.07) is 9.57. The third kappa shape index (κ3) is 3.49. The molecule has 1 saturated carbocycles. The maximum atomic E-state index is 11.8. The fourth-order valence-corrected chi connectivity index (χ4v) is 3.48. The van der Waals surface area contributed by atoms with Gasteiger partial charge in [-0.2, -0.15) is 0 Å². The van der Waals surface area contributed by atoms with E-state index >= 15 is 0 Å². The Morgan fingerprint density at radius 1 is 1.30 bits per heavy atom. The van der Waals surface area contributed by atoms with E-state index in [-0.39, 0.29) is 6.61 Å². The van der Waals surface area contributed by atoms with Crippen LogP contribution in [0.25, 0.3) is 0 Å². The molecule has 0 heterocycles. The van der Waals surface area contributed by atoms with Crippen LogP contribution in [0.1, 0.15) is 24.8 Å². The molecular formula is C13H17NO5S. The average Bonchev–Trinajstić information content (AvgIpc) is 3.16. The van der Waals surface area contributed by atoms with Crippen LogP contribution < -0.4 is 4.72 Å². The van der Waals surface area contributed by atoms with Crippen molar-refractivity contribution < 1.29 is 23.1 Å². The van der Waals surface area contributed by atoms with Crippen LogP contribution in [0.5, 0.6) is 0 Å². The number of rotatable bonds is 7. The van der Waals surface area contributed by atoms with Crippen molar-refractivity contribution in [2.24, 2.45) is 0 Å². The Balaban J connectivity index is 1.81. The number of benzene rings is 1. The van der Waals surface area contributed by atoms with E-state index in [1.54, 1.807) is 4.72 Å². The fraction of sp³-hybridized carbons (Fsp3) is 0.462. The van der Waals surface area contributed by atoms with Crippen LogP contribution in [0.2, 0.25) is 0 Å². The van der Waals surface area contributed by atoms with Gasteiger partial charge >= 0.3 is 6.09 Å². The quantitative estimate of drug-likeness (QED) is 0.748. The van der Waals surface area contributed by atoms with Crippen molar-refractivity contribution >= 4 is 16.1 Å². The molecular weight excluding hydrogens is 282 g/mol. The van der Waals surface area contributed by atoms with Gasteiger partial charge in [0.1, 0.15) is 0 Å². The minimum Gasteiger partial charge on any atom is -0.464 e. The molecule has 1 aliphatic rings. The van der Waals surface area contributed by atoms with Crippen molar-refractivity contribution in [3.63, 3.8) is 0 Å². The zero-order valence-electron chi connectivity index (χ0n) is 10.9. The smallest absolute Gasteiger partial charge is 0.418 e. The van der Waals surface area contributed by atoms with Crippen LogP contribution in [0.3, 0.4) is 0 Å². The standard InChI is InChI=1S/C13H17NO5S/c15-12(16)14-20(17,18)13(6-7-13)8-9-19-10-11-4-2-1-3-5-11/h1-5,14H,6-10H2,(H,15,16). The minimum absolute atomic E-state index is 0.287. The van der Waals surface area contributed by atoms with Gasteiger partial charge in [-0.15, -0.1) is 0 Å². The molecule has 0 atom stereocenters. The van der Waals surface area contributed by atoms with Gasteiger partial charge in [-0.1, -0.05) is 30.3 Å². The second-order valence-electron chi connectivity index (χ2n) is 4.88. The van der Waals surface area contributed by atoms with Gasteiger partial charge in [0.05, 0.1) is 11.4 Å². The van der Waals surface area contributed by atoms with Gasteiger partial charge < -0.3 is 9.84 Å². The Labute approximate surface area is 117 Å². The van der Waals surface area contributed by atoms with E-state index in [0.717, 1.165) is 5.56 Å². The van der Waals surface area contributed by atoms with Crippen molar-refractivity contribution in [2.45, 2.75) is 30.6 Å². The van der Waals surface area contributed by atoms with Crippen LogP contribution >= 0.6 is 0 Å². The van der Waals surface area contributed by atoms with E-state index < -0.39 is 20.9 Å². The van der Waals surface area contributed by atoms with Gasteiger partial charge in [0.25, 0.3) is 0 Å². The number of carbonyl (C=O) groups is 1. The van der Waals surface area contributed by atoms with Gasteiger partial charge in [-0.25, -0.2) is 17.9 Å². The third-order valence-corrected chi connectivity index (χ3v) is 5.61. The molecule has 2 rings (SSSR count). The Kier molecular flexibility index (Phi) is 4.29. The average molecular weight is 299 g/mol. The number of ether oxygens (including phenoxy) is 1. The van der Waals surface area contributed by atoms with Crippen molar-refractivity contribution in [1.82, 2.24) is 4.72 Å². The normalized spacial score (nSPS) is 16.6. The fourth-order valence-electron chi connectivity index (χ4n) is 2.04. The largest absolute Gasteiger partial charge is 0.464 e. The second kappa shape index (κ2) is 5.80. The van der Waals surface area contributed by atoms with Crippen LogP contribution in [-0.4, -0.2) is 31.0 Å². The van der Waals surface area contributed by atoms with E-state index in [0.29, 0.717) is 25.9 Å². The second-order valence-corrected chi connectivity index (χ2v) is 6.96. The molecule has 0 saturated heterocycles. The molecule has 1 aromatic carbocycles. The first-order valence-corrected chi connectivity index (χ1v) is 7.80. The number of hydrogen-bond donors (Lipinski definition) is 2. The van der Waals surface area contributed by atoms with E-state index in [1.807, 2.05) is 30.3 Å². The predicted molar refractivity (Wildman–Crippen MR) is 72.8 cm³/mol. The number of hydrogen-bond acceptors (Lipinski definition) is 4. The van der Waals surface area contributed by atoms with Crippen molar-refractivity contribution in [1.29, 1.82) is 0 Å². The first kappa shape index (κ1) is 14.8. The minimum atomic E-state index is -3.82. The summed E-state index contributed by atoms with van der Waals surface area (Å²) in [6.07, 6.45) is -0.279. The van der Waals surface area contributed by atoms with Crippen LogP contribution in [-0.2, 0) is 21.4 Å². The Bertz CT molecular complexity index is 566. The number of carboxylic acid groups (broad SMARTS) is 1. The van der Waals surface area contributed by atoms with Crippen LogP contribution in [0.15, 0.2) is 30.3 Å². The van der Waals surface area contributed by atoms with Crippen molar-refractivity contribution in [3.8, 4) is 0 Å². The van der Waals surface area contributed by atoms with Gasteiger partial charge in [0, 0.05) is 6.61 Å². The van der Waals surface area contributed by atoms with E-state index in [9.17, 15) is 13.2 Å². The number of nitrogens with one attached hydrogen (secondary N) is 1. The molecule has 0 spiro atoms. The molecule has 6 nitrogen and oxygen atoms in total. The highest BCUT2D eigenvalue weighted by atomic mass is 32.2. The van der Waals surface area contributed by atoms with Gasteiger partial charge in [-0.05, 0) is 24.8 Å². The summed E-state index contributed by atoms with van der Waals surface area (Å²) in [4.78, 5) is 10.5. The highest BCUT2D eigenvalue weighted by molar-refractivity contribution is 7.91. The Morgan fingerprint density at radius 3 is 2.50 bits per heavy atom. The maximum Gasteiger partial charge on any atom is 0.418 e. The van der Waals surface area contributed by atoms with Crippen molar-refractivity contribution in [3.05, 3.63) is 35.9 Å². The zero-order valence-corrected chi connectivity index (χ0v) is 11.7. The molecule has 0 aliphatic heterocycles. The summed E-state index contributed by atoms with van der Waals surface area (Å²) < 4.78 is 29.8. The third-order valence-electron chi connectivity index (χ3n) is 3.41. The van der Waals surface area contributed by atoms with E-state index in [1.165, 1.54) is 0 Å². The van der Waals surface area contributed by atoms with Crippen LogP contribution in [0.4, 0.5) is 4.79 Å². The summed E-state index contributed by atoms with van der Waals surface area (Å²) in [5.41, 5.74) is 1.02. The molecule has 110 valence electrons. The molecule has 0 aromatic heterocycles. The summed E-state index contributed by atoms with van der Waals surface area (Å²) in [7, 11) is -3.82. The summed E-state index contributed by atoms with van der Waals surface area (Å²) in [6.45, 7) is 0.707. The molecule has 0 radical (unpaired) electrons. The lowest BCUT2D eigenvalue weighted by molar-refractivity contribution is 0.116. The van der Waals surface area contributed by atoms with Gasteiger partial charge in [-0.3, -0.25) is 0 Å². The van der Waals surface area contributed by atoms with E-state index in [2.05, 4.69) is 0 Å². The molecule has 1 aromatic rings. The van der Waals surface area contributed by atoms with Crippen molar-refractivity contribution in [2.75, 3.05) is 6.61 Å². The molecule has 0 unspecified atom stereocenters. The first-order chi connectivity index (χ1) is 9.45. The SMILES string of the molecule is O=C(O)NS(=O)(=O)C1(CCOCc2ccccc2)CC1. The maximum absolute atomic E-state index is 11.8. The lowest BCUT2D eigenvalue weighted by Crippen LogP contribution is -2.39. The van der Waals surface area contributed by atoms with Gasteiger partial charge in [0.15, 0.2) is 0 Å². The summed E-state index contributed by atoms with van der Waals surface area (Å²) in [5, 5.41) is 8.54. The molecule has 1 amide bonds. The lowest BCUT2D eigenvalue weighted by Gasteiger charge is -2.15. The topological polar surface area (TPSA) is 92.7 Å². The zero-order chi connectivity index (χ0) is 14.6. The number of sulfonamides is 1. The molecule has 0 bridgehead atoms. The Hall–Kier alpha value is -1.60. The molecule has 20 heavy (non-hydrogen) atoms. The monoisotopic (exact) mass is 299 g/mol. The summed E-state index contributed by atoms with van der Waals surface area (Å²) >= 11 is 0. The Morgan fingerprint density at radius 2 is 1.95 bits per heavy atom. The highest BCUT2D eigenvalue weighted by Crippen LogP contribution is 2.45. The lowest BCUT2D eigenvalue weighted by atomic mass is 10.2. The molecule has 1 fully saturated rings. The first-order valence-electron chi connectivity index (χ1n) is 6.32. The van der Waals surface area contributed by atoms with E-state index in [4.69, 9.17) is 9.84 Å². The predicted octanol–water partition coefficient (Wildman–Crippen LogP) is 1.72. The summed E-state index contributed by atoms with van der Waals surface area (Å²) in [5.74, 6) is 0. The van der Waals surface area contributed by atoms with Gasteiger partial charge in [0.2, 0.25) is 10.0 Å². The highest BCUT2D eigenvalue weighted by Gasteiger charge is 2.54. The van der Waals surface area contributed by atoms with Crippen LogP contribution in [0, 0.1) is 0 Å². The molecule has 7 heteroatoms.